The first kappa shape index (κ1) is 19.5. The average Bonchev–Trinajstić information content (AvgIpc) is 2.85. The zero-order valence-corrected chi connectivity index (χ0v) is 14.9. The lowest BCUT2D eigenvalue weighted by molar-refractivity contribution is -0.147. The number of nitrogens with one attached hydrogen (secondary N) is 1. The molecular formula is C17H30N2O4. The Hall–Kier alpha value is -1.59. The van der Waals surface area contributed by atoms with Crippen LogP contribution >= 0.6 is 0 Å². The third-order valence-corrected chi connectivity index (χ3v) is 4.19. The summed E-state index contributed by atoms with van der Waals surface area (Å²) in [5.41, 5.74) is -0.975. The highest BCUT2D eigenvalue weighted by atomic mass is 16.4. The van der Waals surface area contributed by atoms with E-state index in [1.54, 1.807) is 18.7 Å². The third-order valence-electron chi connectivity index (χ3n) is 4.19. The van der Waals surface area contributed by atoms with Crippen LogP contribution in [0.2, 0.25) is 0 Å². The van der Waals surface area contributed by atoms with Crippen molar-refractivity contribution in [2.24, 2.45) is 10.8 Å². The van der Waals surface area contributed by atoms with E-state index in [2.05, 4.69) is 5.32 Å². The molecule has 0 aromatic rings. The molecule has 6 heteroatoms. The molecule has 2 N–H and O–H groups in total. The van der Waals surface area contributed by atoms with Gasteiger partial charge in [0.2, 0.25) is 11.8 Å². The van der Waals surface area contributed by atoms with Crippen LogP contribution in [0.3, 0.4) is 0 Å². The van der Waals surface area contributed by atoms with E-state index < -0.39 is 17.4 Å². The summed E-state index contributed by atoms with van der Waals surface area (Å²) >= 11 is 0. The molecule has 1 atom stereocenters. The van der Waals surface area contributed by atoms with Gasteiger partial charge in [-0.2, -0.15) is 0 Å². The van der Waals surface area contributed by atoms with Crippen LogP contribution in [0.25, 0.3) is 0 Å². The lowest BCUT2D eigenvalue weighted by Gasteiger charge is -2.28. The molecule has 2 amide bonds. The van der Waals surface area contributed by atoms with Gasteiger partial charge in [-0.15, -0.1) is 0 Å². The number of carbonyl (C=O) groups excluding carboxylic acids is 2. The van der Waals surface area contributed by atoms with Crippen molar-refractivity contribution in [1.82, 2.24) is 10.2 Å². The van der Waals surface area contributed by atoms with E-state index in [-0.39, 0.29) is 17.2 Å². The van der Waals surface area contributed by atoms with E-state index in [1.165, 1.54) is 0 Å². The van der Waals surface area contributed by atoms with Crippen LogP contribution in [0.15, 0.2) is 0 Å². The maximum absolute atomic E-state index is 12.4. The van der Waals surface area contributed by atoms with Crippen molar-refractivity contribution >= 4 is 17.8 Å². The van der Waals surface area contributed by atoms with Gasteiger partial charge in [0.25, 0.3) is 0 Å². The number of carboxylic acid groups (broad SMARTS) is 1. The van der Waals surface area contributed by atoms with Crippen molar-refractivity contribution in [3.05, 3.63) is 0 Å². The Morgan fingerprint density at radius 1 is 1.17 bits per heavy atom. The van der Waals surface area contributed by atoms with Crippen molar-refractivity contribution in [2.45, 2.75) is 66.3 Å². The Morgan fingerprint density at radius 3 is 2.30 bits per heavy atom. The minimum Gasteiger partial charge on any atom is -0.481 e. The summed E-state index contributed by atoms with van der Waals surface area (Å²) in [7, 11) is 0. The van der Waals surface area contributed by atoms with Crippen molar-refractivity contribution in [3.8, 4) is 0 Å². The molecule has 0 aromatic heterocycles. The van der Waals surface area contributed by atoms with Gasteiger partial charge in [0.1, 0.15) is 6.04 Å². The number of likely N-dealkylation sites (tertiary alicyclic amines) is 1. The highest BCUT2D eigenvalue weighted by Crippen LogP contribution is 2.25. The maximum Gasteiger partial charge on any atom is 0.309 e. The maximum atomic E-state index is 12.4. The van der Waals surface area contributed by atoms with Gasteiger partial charge in [-0.3, -0.25) is 14.4 Å². The molecule has 0 aliphatic carbocycles. The molecule has 0 radical (unpaired) electrons. The van der Waals surface area contributed by atoms with Gasteiger partial charge in [-0.05, 0) is 38.5 Å². The highest BCUT2D eigenvalue weighted by Gasteiger charge is 2.35. The number of rotatable bonds is 6. The Labute approximate surface area is 138 Å². The monoisotopic (exact) mass is 326 g/mol. The smallest absolute Gasteiger partial charge is 0.309 e. The van der Waals surface area contributed by atoms with E-state index in [1.807, 2.05) is 20.8 Å². The Bertz CT molecular complexity index is 466. The second-order valence-electron chi connectivity index (χ2n) is 8.21. The quantitative estimate of drug-likeness (QED) is 0.782. The van der Waals surface area contributed by atoms with Crippen molar-refractivity contribution < 1.29 is 19.5 Å². The van der Waals surface area contributed by atoms with Crippen LogP contribution in [0.5, 0.6) is 0 Å². The first-order chi connectivity index (χ1) is 10.4. The van der Waals surface area contributed by atoms with E-state index in [0.29, 0.717) is 32.4 Å². The SMILES string of the molecule is CC(C)(C)CC(=O)N1CCCC1C(=O)NCCC(C)(C)C(=O)O. The molecule has 0 aromatic carbocycles. The predicted octanol–water partition coefficient (Wildman–Crippen LogP) is 2.03. The molecule has 0 saturated carbocycles. The zero-order chi connectivity index (χ0) is 17.8. The second kappa shape index (κ2) is 7.32. The van der Waals surface area contributed by atoms with E-state index >= 15 is 0 Å². The Morgan fingerprint density at radius 2 is 1.78 bits per heavy atom. The molecule has 0 spiro atoms. The van der Waals surface area contributed by atoms with Gasteiger partial charge in [0.05, 0.1) is 5.41 Å². The summed E-state index contributed by atoms with van der Waals surface area (Å²) in [5.74, 6) is -1.04. The third kappa shape index (κ3) is 5.84. The summed E-state index contributed by atoms with van der Waals surface area (Å²) in [4.78, 5) is 37.4. The molecule has 6 nitrogen and oxygen atoms in total. The van der Waals surface area contributed by atoms with Crippen LogP contribution in [0.4, 0.5) is 0 Å². The Balaban J connectivity index is 2.55. The van der Waals surface area contributed by atoms with Crippen LogP contribution in [-0.4, -0.2) is 46.9 Å². The van der Waals surface area contributed by atoms with Crippen LogP contribution < -0.4 is 5.32 Å². The molecule has 0 bridgehead atoms. The van der Waals surface area contributed by atoms with Crippen LogP contribution in [0, 0.1) is 10.8 Å². The number of carbonyl (C=O) groups is 3. The molecule has 1 aliphatic rings. The summed E-state index contributed by atoms with van der Waals surface area (Å²) < 4.78 is 0. The summed E-state index contributed by atoms with van der Waals surface area (Å²) in [6.45, 7) is 10.2. The number of hydrogen-bond acceptors (Lipinski definition) is 3. The summed E-state index contributed by atoms with van der Waals surface area (Å²) in [6, 6.07) is -0.419. The van der Waals surface area contributed by atoms with E-state index in [0.717, 1.165) is 6.42 Å². The average molecular weight is 326 g/mol. The predicted molar refractivity (Wildman–Crippen MR) is 87.9 cm³/mol. The van der Waals surface area contributed by atoms with Gasteiger partial charge in [0, 0.05) is 19.5 Å². The van der Waals surface area contributed by atoms with Crippen molar-refractivity contribution in [2.75, 3.05) is 13.1 Å². The molecule has 132 valence electrons. The number of hydrogen-bond donors (Lipinski definition) is 2. The topological polar surface area (TPSA) is 86.7 Å². The number of carboxylic acids is 1. The molecule has 1 heterocycles. The molecule has 1 rings (SSSR count). The fraction of sp³-hybridized carbons (Fsp3) is 0.824. The minimum absolute atomic E-state index is 0.0148. The first-order valence-corrected chi connectivity index (χ1v) is 8.25. The molecule has 1 unspecified atom stereocenters. The van der Waals surface area contributed by atoms with Crippen LogP contribution in [-0.2, 0) is 14.4 Å². The minimum atomic E-state index is -0.880. The van der Waals surface area contributed by atoms with Gasteiger partial charge in [-0.1, -0.05) is 20.8 Å². The van der Waals surface area contributed by atoms with Crippen LogP contribution in [0.1, 0.15) is 60.3 Å². The lowest BCUT2D eigenvalue weighted by atomic mass is 9.89. The fourth-order valence-electron chi connectivity index (χ4n) is 2.62. The second-order valence-corrected chi connectivity index (χ2v) is 8.21. The molecule has 1 fully saturated rings. The normalized spacial score (nSPS) is 18.8. The molecule has 23 heavy (non-hydrogen) atoms. The van der Waals surface area contributed by atoms with Gasteiger partial charge in [0.15, 0.2) is 0 Å². The summed E-state index contributed by atoms with van der Waals surface area (Å²) in [6.07, 6.45) is 2.28. The number of amides is 2. The Kier molecular flexibility index (Phi) is 6.19. The molecule has 1 aliphatic heterocycles. The number of nitrogens with zero attached hydrogens (tertiary/aromatic N) is 1. The standard InChI is InChI=1S/C17H30N2O4/c1-16(2,3)11-13(20)19-10-6-7-12(19)14(21)18-9-8-17(4,5)15(22)23/h12H,6-11H2,1-5H3,(H,18,21)(H,22,23). The zero-order valence-electron chi connectivity index (χ0n) is 14.9. The first-order valence-electron chi connectivity index (χ1n) is 8.25. The van der Waals surface area contributed by atoms with Crippen molar-refractivity contribution in [1.29, 1.82) is 0 Å². The molecular weight excluding hydrogens is 296 g/mol. The van der Waals surface area contributed by atoms with Gasteiger partial charge < -0.3 is 15.3 Å². The van der Waals surface area contributed by atoms with Gasteiger partial charge >= 0.3 is 5.97 Å². The fourth-order valence-corrected chi connectivity index (χ4v) is 2.62. The van der Waals surface area contributed by atoms with E-state index in [9.17, 15) is 14.4 Å². The highest BCUT2D eigenvalue weighted by molar-refractivity contribution is 5.88. The number of aliphatic carboxylic acids is 1. The summed E-state index contributed by atoms with van der Waals surface area (Å²) in [5, 5.41) is 11.9. The van der Waals surface area contributed by atoms with E-state index in [4.69, 9.17) is 5.11 Å². The lowest BCUT2D eigenvalue weighted by Crippen LogP contribution is -2.47. The van der Waals surface area contributed by atoms with Crippen molar-refractivity contribution in [3.63, 3.8) is 0 Å². The molecule has 1 saturated heterocycles. The largest absolute Gasteiger partial charge is 0.481 e. The van der Waals surface area contributed by atoms with Gasteiger partial charge in [-0.25, -0.2) is 0 Å².